The number of carbonyl (C=O) groups is 2. The molecular weight excluding hydrogens is 272 g/mol. The normalized spacial score (nSPS) is 20.6. The van der Waals surface area contributed by atoms with Gasteiger partial charge in [-0.05, 0) is 24.1 Å². The maximum absolute atomic E-state index is 12.1. The van der Waals surface area contributed by atoms with Crippen LogP contribution in [0.5, 0.6) is 11.5 Å². The number of ether oxygens (including phenoxy) is 2. The fourth-order valence-electron chi connectivity index (χ4n) is 2.54. The number of hydrogen-bond donors (Lipinski definition) is 2. The standard InChI is InChI=1S/C15H18N2O4/c18-14-8-11(3-4-16-14)15(19)17-9-10-1-2-12-13(7-10)21-6-5-20-12/h1-2,7,11H,3-6,8-9H2,(H,16,18)(H,17,19). The molecule has 0 saturated carbocycles. The largest absolute Gasteiger partial charge is 0.486 e. The number of amides is 2. The third-order valence-electron chi connectivity index (χ3n) is 3.69. The highest BCUT2D eigenvalue weighted by molar-refractivity contribution is 5.86. The lowest BCUT2D eigenvalue weighted by Gasteiger charge is -2.22. The van der Waals surface area contributed by atoms with Gasteiger partial charge in [0.1, 0.15) is 13.2 Å². The second kappa shape index (κ2) is 6.03. The Morgan fingerprint density at radius 2 is 2.10 bits per heavy atom. The number of rotatable bonds is 3. The van der Waals surface area contributed by atoms with Crippen LogP contribution >= 0.6 is 0 Å². The summed E-state index contributed by atoms with van der Waals surface area (Å²) in [5, 5.41) is 5.61. The van der Waals surface area contributed by atoms with E-state index in [0.717, 1.165) is 11.3 Å². The van der Waals surface area contributed by atoms with Gasteiger partial charge < -0.3 is 20.1 Å². The van der Waals surface area contributed by atoms with Crippen molar-refractivity contribution in [1.29, 1.82) is 0 Å². The quantitative estimate of drug-likeness (QED) is 0.854. The van der Waals surface area contributed by atoms with Crippen LogP contribution in [-0.2, 0) is 16.1 Å². The average Bonchev–Trinajstić information content (AvgIpc) is 2.52. The van der Waals surface area contributed by atoms with Gasteiger partial charge in [0.25, 0.3) is 0 Å². The molecule has 2 amide bonds. The Morgan fingerprint density at radius 1 is 1.29 bits per heavy atom. The number of benzene rings is 1. The number of fused-ring (bicyclic) bond motifs is 1. The zero-order chi connectivity index (χ0) is 14.7. The van der Waals surface area contributed by atoms with E-state index in [9.17, 15) is 9.59 Å². The predicted octanol–water partition coefficient (Wildman–Crippen LogP) is 0.600. The van der Waals surface area contributed by atoms with Gasteiger partial charge in [0.2, 0.25) is 11.8 Å². The van der Waals surface area contributed by atoms with Crippen LogP contribution in [0.3, 0.4) is 0 Å². The van der Waals surface area contributed by atoms with E-state index in [2.05, 4.69) is 10.6 Å². The first-order valence-corrected chi connectivity index (χ1v) is 7.15. The summed E-state index contributed by atoms with van der Waals surface area (Å²) in [5.74, 6) is 1.10. The highest BCUT2D eigenvalue weighted by Crippen LogP contribution is 2.30. The van der Waals surface area contributed by atoms with Crippen LogP contribution in [0.15, 0.2) is 18.2 Å². The first-order valence-electron chi connectivity index (χ1n) is 7.15. The molecule has 0 aliphatic carbocycles. The van der Waals surface area contributed by atoms with Crippen molar-refractivity contribution < 1.29 is 19.1 Å². The fourth-order valence-corrected chi connectivity index (χ4v) is 2.54. The molecule has 2 heterocycles. The first-order chi connectivity index (χ1) is 10.2. The van der Waals surface area contributed by atoms with Gasteiger partial charge in [-0.2, -0.15) is 0 Å². The van der Waals surface area contributed by atoms with Crippen LogP contribution in [0, 0.1) is 5.92 Å². The summed E-state index contributed by atoms with van der Waals surface area (Å²) in [6, 6.07) is 5.63. The molecule has 1 fully saturated rings. The van der Waals surface area contributed by atoms with E-state index in [1.165, 1.54) is 0 Å². The Balaban J connectivity index is 1.57. The molecule has 21 heavy (non-hydrogen) atoms. The van der Waals surface area contributed by atoms with Crippen LogP contribution in [0.2, 0.25) is 0 Å². The number of piperidine rings is 1. The molecule has 0 aromatic heterocycles. The molecule has 2 N–H and O–H groups in total. The number of nitrogens with one attached hydrogen (secondary N) is 2. The summed E-state index contributed by atoms with van der Waals surface area (Å²) in [6.45, 7) is 2.10. The lowest BCUT2D eigenvalue weighted by atomic mass is 9.96. The monoisotopic (exact) mass is 290 g/mol. The predicted molar refractivity (Wildman–Crippen MR) is 75.0 cm³/mol. The minimum Gasteiger partial charge on any atom is -0.486 e. The molecule has 6 nitrogen and oxygen atoms in total. The van der Waals surface area contributed by atoms with Crippen LogP contribution in [0.25, 0.3) is 0 Å². The fraction of sp³-hybridized carbons (Fsp3) is 0.467. The minimum absolute atomic E-state index is 0.0549. The van der Waals surface area contributed by atoms with E-state index in [4.69, 9.17) is 9.47 Å². The maximum Gasteiger partial charge on any atom is 0.223 e. The van der Waals surface area contributed by atoms with Gasteiger partial charge in [-0.25, -0.2) is 0 Å². The molecule has 0 bridgehead atoms. The topological polar surface area (TPSA) is 76.7 Å². The van der Waals surface area contributed by atoms with Gasteiger partial charge in [-0.3, -0.25) is 9.59 Å². The van der Waals surface area contributed by atoms with Crippen LogP contribution in [0.4, 0.5) is 0 Å². The number of carbonyl (C=O) groups excluding carboxylic acids is 2. The van der Waals surface area contributed by atoms with E-state index in [-0.39, 0.29) is 24.2 Å². The summed E-state index contributed by atoms with van der Waals surface area (Å²) >= 11 is 0. The van der Waals surface area contributed by atoms with Crippen LogP contribution in [0.1, 0.15) is 18.4 Å². The Morgan fingerprint density at radius 3 is 2.90 bits per heavy atom. The van der Waals surface area contributed by atoms with Crippen molar-refractivity contribution in [2.45, 2.75) is 19.4 Å². The van der Waals surface area contributed by atoms with Crippen molar-refractivity contribution in [2.24, 2.45) is 5.92 Å². The molecule has 0 spiro atoms. The van der Waals surface area contributed by atoms with Gasteiger partial charge >= 0.3 is 0 Å². The minimum atomic E-state index is -0.226. The van der Waals surface area contributed by atoms with Crippen molar-refractivity contribution in [3.8, 4) is 11.5 Å². The van der Waals surface area contributed by atoms with Crippen molar-refractivity contribution >= 4 is 11.8 Å². The molecule has 2 aliphatic heterocycles. The SMILES string of the molecule is O=C1CC(C(=O)NCc2ccc3c(c2)OCCO3)CCN1. The molecule has 6 heteroatoms. The molecule has 3 rings (SSSR count). The molecule has 1 unspecified atom stereocenters. The second-order valence-electron chi connectivity index (χ2n) is 5.24. The molecule has 112 valence electrons. The van der Waals surface area contributed by atoms with E-state index in [0.29, 0.717) is 38.5 Å². The van der Waals surface area contributed by atoms with Gasteiger partial charge in [-0.15, -0.1) is 0 Å². The second-order valence-corrected chi connectivity index (χ2v) is 5.24. The Bertz CT molecular complexity index is 559. The van der Waals surface area contributed by atoms with Crippen molar-refractivity contribution in [2.75, 3.05) is 19.8 Å². The zero-order valence-electron chi connectivity index (χ0n) is 11.7. The Kier molecular flexibility index (Phi) is 3.94. The Labute approximate surface area is 122 Å². The molecule has 1 aromatic carbocycles. The van der Waals surface area contributed by atoms with Crippen molar-refractivity contribution in [3.05, 3.63) is 23.8 Å². The van der Waals surface area contributed by atoms with E-state index in [1.807, 2.05) is 18.2 Å². The Hall–Kier alpha value is -2.24. The van der Waals surface area contributed by atoms with Gasteiger partial charge in [-0.1, -0.05) is 6.07 Å². The molecular formula is C15H18N2O4. The average molecular weight is 290 g/mol. The summed E-state index contributed by atoms with van der Waals surface area (Å²) in [4.78, 5) is 23.3. The molecule has 1 aromatic rings. The third-order valence-corrected chi connectivity index (χ3v) is 3.69. The van der Waals surface area contributed by atoms with Crippen LogP contribution in [-0.4, -0.2) is 31.6 Å². The molecule has 1 atom stereocenters. The summed E-state index contributed by atoms with van der Waals surface area (Å²) in [7, 11) is 0. The van der Waals surface area contributed by atoms with Gasteiger partial charge in [0.05, 0.1) is 0 Å². The lowest BCUT2D eigenvalue weighted by Crippen LogP contribution is -2.40. The van der Waals surface area contributed by atoms with E-state index < -0.39 is 0 Å². The third kappa shape index (κ3) is 3.26. The summed E-state index contributed by atoms with van der Waals surface area (Å²) in [6.07, 6.45) is 0.964. The highest BCUT2D eigenvalue weighted by Gasteiger charge is 2.25. The van der Waals surface area contributed by atoms with Crippen molar-refractivity contribution in [1.82, 2.24) is 10.6 Å². The van der Waals surface area contributed by atoms with Crippen LogP contribution < -0.4 is 20.1 Å². The van der Waals surface area contributed by atoms with Crippen molar-refractivity contribution in [3.63, 3.8) is 0 Å². The molecule has 2 aliphatic rings. The first kappa shape index (κ1) is 13.7. The number of hydrogen-bond acceptors (Lipinski definition) is 4. The van der Waals surface area contributed by atoms with Gasteiger partial charge in [0, 0.05) is 25.4 Å². The lowest BCUT2D eigenvalue weighted by molar-refractivity contribution is -0.132. The maximum atomic E-state index is 12.1. The summed E-state index contributed by atoms with van der Waals surface area (Å²) in [5.41, 5.74) is 0.952. The smallest absolute Gasteiger partial charge is 0.223 e. The molecule has 0 radical (unpaired) electrons. The summed E-state index contributed by atoms with van der Waals surface area (Å²) < 4.78 is 11.0. The highest BCUT2D eigenvalue weighted by atomic mass is 16.6. The zero-order valence-corrected chi connectivity index (χ0v) is 11.7. The van der Waals surface area contributed by atoms with E-state index >= 15 is 0 Å². The van der Waals surface area contributed by atoms with E-state index in [1.54, 1.807) is 0 Å². The van der Waals surface area contributed by atoms with Gasteiger partial charge in [0.15, 0.2) is 11.5 Å². The molecule has 1 saturated heterocycles.